The van der Waals surface area contributed by atoms with E-state index in [4.69, 9.17) is 9.72 Å². The van der Waals surface area contributed by atoms with E-state index >= 15 is 0 Å². The molecule has 0 fully saturated rings. The van der Waals surface area contributed by atoms with Crippen molar-refractivity contribution in [2.45, 2.75) is 93.9 Å². The van der Waals surface area contributed by atoms with Crippen molar-refractivity contribution in [2.24, 2.45) is 35.2 Å². The van der Waals surface area contributed by atoms with E-state index in [9.17, 15) is 13.2 Å². The maximum atomic E-state index is 12.9. The van der Waals surface area contributed by atoms with Gasteiger partial charge >= 0.3 is 17.9 Å². The molecule has 0 amide bonds. The first-order valence-corrected chi connectivity index (χ1v) is 37.8. The van der Waals surface area contributed by atoms with E-state index in [0.717, 1.165) is 70.7 Å². The van der Waals surface area contributed by atoms with E-state index in [1.54, 1.807) is 6.92 Å². The third-order valence-electron chi connectivity index (χ3n) is 21.3. The van der Waals surface area contributed by atoms with Crippen molar-refractivity contribution < 1.29 is 45.3 Å². The molecule has 18 rings (SSSR count). The summed E-state index contributed by atoms with van der Waals surface area (Å²) in [5, 5.41) is 17.4. The first kappa shape index (κ1) is 76.8. The predicted octanol–water partition coefficient (Wildman–Crippen LogP) is 19.6. The molecule has 0 saturated heterocycles. The fourth-order valence-electron chi connectivity index (χ4n) is 15.2. The topological polar surface area (TPSA) is 91.0 Å². The zero-order chi connectivity index (χ0) is 78.6. The van der Waals surface area contributed by atoms with Crippen LogP contribution in [0.1, 0.15) is 77.4 Å². The van der Waals surface area contributed by atoms with Crippen LogP contribution in [0, 0.1) is 48.5 Å². The lowest BCUT2D eigenvalue weighted by Gasteiger charge is -2.10. The Morgan fingerprint density at radius 2 is 1.04 bits per heavy atom. The first-order chi connectivity index (χ1) is 53.3. The Morgan fingerprint density at radius 3 is 1.65 bits per heavy atom. The number of fused-ring (bicyclic) bond motifs is 14. The van der Waals surface area contributed by atoms with Crippen molar-refractivity contribution in [1.82, 2.24) is 24.7 Å². The highest BCUT2D eigenvalue weighted by molar-refractivity contribution is 6.24. The lowest BCUT2D eigenvalue weighted by atomic mass is 9.96. The zero-order valence-corrected chi connectivity index (χ0v) is 66.5. The Labute approximate surface area is 648 Å². The number of nitrogens with zero attached hydrogens (tertiary/aromatic N) is 10. The molecule has 5 aromatic heterocycles. The fourth-order valence-corrected chi connectivity index (χ4v) is 15.2. The average molecular weight is 1480 g/mol. The van der Waals surface area contributed by atoms with Crippen LogP contribution in [-0.4, -0.2) is 54.4 Å². The molecule has 0 spiro atoms. The van der Waals surface area contributed by atoms with Crippen LogP contribution in [0.25, 0.3) is 121 Å². The molecule has 12 nitrogen and oxygen atoms in total. The van der Waals surface area contributed by atoms with Gasteiger partial charge in [0.2, 0.25) is 23.1 Å². The lowest BCUT2D eigenvalue weighted by molar-refractivity contribution is -0.661. The van der Waals surface area contributed by atoms with Crippen LogP contribution < -0.4 is 22.8 Å². The molecule has 0 aliphatic carbocycles. The highest BCUT2D eigenvalue weighted by Gasteiger charge is 2.41. The predicted molar refractivity (Wildman–Crippen MR) is 445 cm³/mol. The number of halogens is 3. The van der Waals surface area contributed by atoms with Crippen LogP contribution in [0.5, 0.6) is 0 Å². The van der Waals surface area contributed by atoms with Gasteiger partial charge < -0.3 is 4.74 Å². The summed E-state index contributed by atoms with van der Waals surface area (Å²) in [7, 11) is 12.3. The summed E-state index contributed by atoms with van der Waals surface area (Å²) in [6.07, 6.45) is 6.90. The molecular weight excluding hydrogens is 1380 g/mol. The van der Waals surface area contributed by atoms with Crippen LogP contribution in [0.15, 0.2) is 262 Å². The molecule has 15 heteroatoms. The number of benzene rings is 12. The van der Waals surface area contributed by atoms with Gasteiger partial charge in [0.1, 0.15) is 51.5 Å². The van der Waals surface area contributed by atoms with E-state index in [0.29, 0.717) is 11.4 Å². The molecule has 1 aliphatic rings. The third kappa shape index (κ3) is 15.8. The van der Waals surface area contributed by atoms with E-state index in [1.165, 1.54) is 127 Å². The Hall–Kier alpha value is -12.4. The number of nitrogens with one attached hydrogen (secondary N) is 1. The summed E-state index contributed by atoms with van der Waals surface area (Å²) in [6.45, 7) is 22.9. The van der Waals surface area contributed by atoms with E-state index in [1.807, 2.05) is 66.3 Å². The Bertz CT molecular complexity index is 6310. The molecule has 0 radical (unpaired) electrons. The summed E-state index contributed by atoms with van der Waals surface area (Å²) >= 11 is 0. The summed E-state index contributed by atoms with van der Waals surface area (Å²) < 4.78 is 59.2. The number of alkyl halides is 3. The Kier molecular flexibility index (Phi) is 22.5. The van der Waals surface area contributed by atoms with E-state index in [-0.39, 0.29) is 5.54 Å². The van der Waals surface area contributed by atoms with Crippen molar-refractivity contribution in [3.05, 3.63) is 312 Å². The number of ether oxygens (including phenoxy) is 1. The van der Waals surface area contributed by atoms with Gasteiger partial charge in [-0.15, -0.1) is 4.68 Å². The number of para-hydroxylation sites is 2. The van der Waals surface area contributed by atoms with Gasteiger partial charge in [0, 0.05) is 41.9 Å². The zero-order valence-electron chi connectivity index (χ0n) is 66.5. The number of aromatic nitrogens is 10. The molecular formula is C96H98F3N11O+6. The molecule has 0 saturated carbocycles. The minimum Gasteiger partial charge on any atom is -0.437 e. The van der Waals surface area contributed by atoms with Gasteiger partial charge in [0.05, 0.1) is 58.9 Å². The van der Waals surface area contributed by atoms with Crippen LogP contribution in [-0.2, 0) is 52.7 Å². The van der Waals surface area contributed by atoms with Crippen LogP contribution >= 0.6 is 0 Å². The molecule has 12 aromatic carbocycles. The molecule has 111 heavy (non-hydrogen) atoms. The maximum Gasteiger partial charge on any atom is 0.416 e. The third-order valence-corrected chi connectivity index (χ3v) is 21.3. The largest absolute Gasteiger partial charge is 0.437 e. The number of H-pyrrole nitrogens is 1. The van der Waals surface area contributed by atoms with Crippen molar-refractivity contribution in [2.75, 3.05) is 13.7 Å². The second-order valence-corrected chi connectivity index (χ2v) is 29.7. The number of rotatable bonds is 6. The minimum absolute atomic E-state index is 0.0949. The molecule has 6 heterocycles. The normalized spacial score (nSPS) is 12.4. The minimum atomic E-state index is -4.34. The lowest BCUT2D eigenvalue weighted by Crippen LogP contribution is -2.33. The van der Waals surface area contributed by atoms with Crippen molar-refractivity contribution in [3.8, 4) is 34.0 Å². The molecule has 0 atom stereocenters. The van der Waals surface area contributed by atoms with Gasteiger partial charge in [-0.05, 0) is 163 Å². The van der Waals surface area contributed by atoms with Gasteiger partial charge in [-0.2, -0.15) is 26.9 Å². The average Bonchev–Trinajstić information content (AvgIpc) is 1.59. The molecule has 1 aliphatic heterocycles. The number of imidazole rings is 1. The summed E-state index contributed by atoms with van der Waals surface area (Å²) in [4.78, 5) is 12.7. The number of hydrogen-bond donors (Lipinski definition) is 1. The summed E-state index contributed by atoms with van der Waals surface area (Å²) in [6, 6.07) is 77.5. The second-order valence-electron chi connectivity index (χ2n) is 29.7. The molecule has 1 N–H and O–H groups in total. The van der Waals surface area contributed by atoms with E-state index < -0.39 is 11.7 Å². The highest BCUT2D eigenvalue weighted by atomic mass is 19.4. The smallest absolute Gasteiger partial charge is 0.416 e. The number of aromatic amines is 1. The quantitative estimate of drug-likeness (QED) is 0.133. The van der Waals surface area contributed by atoms with Gasteiger partial charge in [-0.25, -0.2) is 28.7 Å². The van der Waals surface area contributed by atoms with Crippen LogP contribution in [0.3, 0.4) is 0 Å². The van der Waals surface area contributed by atoms with Crippen LogP contribution in [0.2, 0.25) is 0 Å². The van der Waals surface area contributed by atoms with Gasteiger partial charge in [-0.3, -0.25) is 0 Å². The van der Waals surface area contributed by atoms with Crippen molar-refractivity contribution in [3.63, 3.8) is 0 Å². The van der Waals surface area contributed by atoms with E-state index in [2.05, 4.69) is 329 Å². The number of hydrogen-bond acceptors (Lipinski definition) is 4. The SMILES string of the molecule is CCCn1c[n+](C)c(-c2ccccc2C)n1.Cc1c[n+](C)c2c(n1)c1ccccc1c1cccc(C)c12.Cc1ccc(C(F)(F)F)cc1-c1[nH]c2ccccc2[n+]1C.Cc1ccc2ccccc2c1-c1cccc[n+]1C.Cc1cccc2c3ccccc3c3ncc[n+](C)c3c12.Cc1ccccc1C1=[N+](C)C(C)(C)CO1. The number of pyridine rings is 1. The van der Waals surface area contributed by atoms with Gasteiger partial charge in [-0.1, -0.05) is 183 Å². The van der Waals surface area contributed by atoms with Crippen molar-refractivity contribution >= 4 is 92.9 Å². The molecule has 0 unspecified atom stereocenters. The standard InChI is InChI=1S/C19H17N2.C18H15N2.C17H16N.C16H13F3N2.C13H18N3.C13H18NO/c1-12-7-6-10-15-14-8-4-5-9-16(14)18-19(17(12)15)21(3)11-13(2)20-18;1-12-6-5-9-14-13-7-3-4-8-15(13)17-18(16(12)14)20(2)11-10-19-17;1-13-10-11-14-7-3-4-8-15(14)17(13)16-9-5-6-12-18(16)2;1-10-7-8-11(16(17,18)19)9-12(10)15-20-13-5-3-4-6-14(13)21(15)2;1-4-9-16-10-15(3)13(14-16)12-8-6-5-7-11(12)2;1-10-7-5-6-8-11(10)12-14(4)13(2,3)9-15-12/h4-11H,1-3H3;3-11H,1-2H3;3-12H,1-2H3;3-9H,1-2H3;5-8,10H,4,9H2,1-3H3;5-8H,9H2,1-4H3/q3*+1;;2*+1/p+1. The maximum absolute atomic E-state index is 12.9. The summed E-state index contributed by atoms with van der Waals surface area (Å²) in [5.74, 6) is 2.70. The number of likely N-dealkylation sites (N-methyl/N-ethyl adjacent to an activating group) is 1. The van der Waals surface area contributed by atoms with Gasteiger partial charge in [0.15, 0.2) is 41.8 Å². The Balaban J connectivity index is 0.000000117. The fraction of sp³-hybridized carbons (Fsp3) is 0.219. The molecule has 17 aromatic rings. The Morgan fingerprint density at radius 1 is 0.495 bits per heavy atom. The second kappa shape index (κ2) is 32.4. The molecule has 558 valence electrons. The van der Waals surface area contributed by atoms with Crippen molar-refractivity contribution in [1.29, 1.82) is 0 Å². The highest BCUT2D eigenvalue weighted by Crippen LogP contribution is 2.38. The van der Waals surface area contributed by atoms with Gasteiger partial charge in [0.25, 0.3) is 5.82 Å². The summed E-state index contributed by atoms with van der Waals surface area (Å²) in [5.41, 5.74) is 19.7. The monoisotopic (exact) mass is 1480 g/mol. The van der Waals surface area contributed by atoms with Crippen LogP contribution in [0.4, 0.5) is 13.2 Å². The first-order valence-electron chi connectivity index (χ1n) is 37.8. The number of aryl methyl sites for hydroxylation is 13. The molecule has 0 bridgehead atoms.